The van der Waals surface area contributed by atoms with Gasteiger partial charge in [-0.3, -0.25) is 9.98 Å². The number of benzene rings is 1. The number of hydrogen-bond donors (Lipinski definition) is 0. The second-order valence-electron chi connectivity index (χ2n) is 5.46. The number of aliphatic imine (C=N–C) groups is 2. The molecule has 1 aliphatic rings. The fourth-order valence-electron chi connectivity index (χ4n) is 2.80. The number of nitrogens with zero attached hydrogens (tertiary/aromatic N) is 2. The van der Waals surface area contributed by atoms with Gasteiger partial charge in [0.25, 0.3) is 0 Å². The summed E-state index contributed by atoms with van der Waals surface area (Å²) in [6.45, 7) is 9.63. The first kappa shape index (κ1) is 14.5. The first-order chi connectivity index (χ1) is 9.65. The lowest BCUT2D eigenvalue weighted by molar-refractivity contribution is 0.620. The highest BCUT2D eigenvalue weighted by Crippen LogP contribution is 2.32. The molecule has 2 heteroatoms. The summed E-state index contributed by atoms with van der Waals surface area (Å²) in [6.07, 6.45) is 5.76. The Hall–Kier alpha value is -1.88. The van der Waals surface area contributed by atoms with Gasteiger partial charge in [0.05, 0.1) is 11.4 Å². The van der Waals surface area contributed by atoms with Crippen LogP contribution in [0.25, 0.3) is 0 Å². The molecule has 1 aromatic carbocycles. The number of aryl methyl sites for hydroxylation is 2. The van der Waals surface area contributed by atoms with Crippen molar-refractivity contribution < 1.29 is 0 Å². The van der Waals surface area contributed by atoms with E-state index >= 15 is 0 Å². The van der Waals surface area contributed by atoms with E-state index < -0.39 is 0 Å². The summed E-state index contributed by atoms with van der Waals surface area (Å²) < 4.78 is 0. The van der Waals surface area contributed by atoms with E-state index in [-0.39, 0.29) is 0 Å². The Labute approximate surface area is 122 Å². The molecular weight excluding hydrogens is 244 g/mol. The van der Waals surface area contributed by atoms with E-state index in [4.69, 9.17) is 4.99 Å². The molecule has 1 fully saturated rings. The molecule has 0 N–H and O–H groups in total. The third-order valence-electron chi connectivity index (χ3n) is 3.99. The van der Waals surface area contributed by atoms with Gasteiger partial charge in [-0.1, -0.05) is 12.3 Å². The second-order valence-corrected chi connectivity index (χ2v) is 5.46. The van der Waals surface area contributed by atoms with Crippen LogP contribution in [0.2, 0.25) is 0 Å². The van der Waals surface area contributed by atoms with Crippen LogP contribution >= 0.6 is 0 Å². The molecule has 2 atom stereocenters. The molecule has 2 nitrogen and oxygen atoms in total. The van der Waals surface area contributed by atoms with Crippen molar-refractivity contribution in [2.75, 3.05) is 0 Å². The van der Waals surface area contributed by atoms with E-state index in [0.717, 1.165) is 22.5 Å². The van der Waals surface area contributed by atoms with Crippen LogP contribution in [0.5, 0.6) is 0 Å². The zero-order valence-corrected chi connectivity index (χ0v) is 12.6. The molecule has 2 unspecified atom stereocenters. The van der Waals surface area contributed by atoms with Gasteiger partial charge in [0.15, 0.2) is 0 Å². The fourth-order valence-corrected chi connectivity index (χ4v) is 2.80. The van der Waals surface area contributed by atoms with Crippen LogP contribution in [0, 0.1) is 37.5 Å². The van der Waals surface area contributed by atoms with Gasteiger partial charge >= 0.3 is 0 Å². The third kappa shape index (κ3) is 3.17. The van der Waals surface area contributed by atoms with Crippen LogP contribution in [0.15, 0.2) is 22.1 Å². The lowest BCUT2D eigenvalue weighted by Gasteiger charge is -2.10. The van der Waals surface area contributed by atoms with Crippen LogP contribution < -0.4 is 0 Å². The van der Waals surface area contributed by atoms with Crippen LogP contribution in [-0.2, 0) is 0 Å². The lowest BCUT2D eigenvalue weighted by Crippen LogP contribution is -2.06. The summed E-state index contributed by atoms with van der Waals surface area (Å²) >= 11 is 0. The first-order valence-corrected chi connectivity index (χ1v) is 7.20. The first-order valence-electron chi connectivity index (χ1n) is 7.20. The molecule has 0 spiro atoms. The zero-order valence-electron chi connectivity index (χ0n) is 12.6. The van der Waals surface area contributed by atoms with E-state index in [2.05, 4.69) is 42.8 Å². The summed E-state index contributed by atoms with van der Waals surface area (Å²) in [4.78, 5) is 8.73. The Morgan fingerprint density at radius 3 is 2.60 bits per heavy atom. The molecule has 2 rings (SSSR count). The Bertz CT molecular complexity index is 587. The van der Waals surface area contributed by atoms with Crippen molar-refractivity contribution in [1.82, 2.24) is 0 Å². The van der Waals surface area contributed by atoms with Gasteiger partial charge in [-0.25, -0.2) is 0 Å². The Morgan fingerprint density at radius 1 is 1.20 bits per heavy atom. The highest BCUT2D eigenvalue weighted by Gasteiger charge is 2.23. The number of rotatable bonds is 3. The van der Waals surface area contributed by atoms with Gasteiger partial charge in [-0.2, -0.15) is 0 Å². The summed E-state index contributed by atoms with van der Waals surface area (Å²) in [5, 5.41) is 0. The maximum absolute atomic E-state index is 4.70. The summed E-state index contributed by atoms with van der Waals surface area (Å²) in [5.41, 5.74) is 4.24. The highest BCUT2D eigenvalue weighted by atomic mass is 14.7. The van der Waals surface area contributed by atoms with Crippen molar-refractivity contribution in [3.63, 3.8) is 0 Å². The van der Waals surface area contributed by atoms with Crippen LogP contribution in [-0.4, -0.2) is 12.9 Å². The second kappa shape index (κ2) is 6.52. The Kier molecular flexibility index (Phi) is 4.74. The van der Waals surface area contributed by atoms with E-state index in [9.17, 15) is 0 Å². The van der Waals surface area contributed by atoms with Gasteiger partial charge in [-0.15, -0.1) is 5.92 Å². The van der Waals surface area contributed by atoms with E-state index in [1.807, 2.05) is 19.9 Å². The maximum Gasteiger partial charge on any atom is 0.0659 e. The van der Waals surface area contributed by atoms with Crippen molar-refractivity contribution in [3.05, 3.63) is 23.3 Å². The molecule has 0 aliphatic heterocycles. The van der Waals surface area contributed by atoms with Gasteiger partial charge < -0.3 is 0 Å². The largest absolute Gasteiger partial charge is 0.264 e. The quantitative estimate of drug-likeness (QED) is 0.556. The minimum atomic E-state index is 0.485. The topological polar surface area (TPSA) is 24.7 Å². The average molecular weight is 266 g/mol. The molecule has 1 saturated carbocycles. The third-order valence-corrected chi connectivity index (χ3v) is 3.99. The Balaban J connectivity index is 2.20. The molecule has 0 amide bonds. The summed E-state index contributed by atoms with van der Waals surface area (Å²) in [6, 6.07) is 4.14. The van der Waals surface area contributed by atoms with Gasteiger partial charge in [0.1, 0.15) is 0 Å². The van der Waals surface area contributed by atoms with Crippen LogP contribution in [0.3, 0.4) is 0 Å². The van der Waals surface area contributed by atoms with Gasteiger partial charge in [0, 0.05) is 18.1 Å². The van der Waals surface area contributed by atoms with Crippen molar-refractivity contribution in [1.29, 1.82) is 0 Å². The molecule has 104 valence electrons. The van der Waals surface area contributed by atoms with Crippen LogP contribution in [0.1, 0.15) is 37.3 Å². The molecular formula is C18H22N2. The minimum Gasteiger partial charge on any atom is -0.264 e. The Morgan fingerprint density at radius 2 is 1.90 bits per heavy atom. The molecule has 1 aliphatic carbocycles. The number of hydrogen-bond acceptors (Lipinski definition) is 2. The van der Waals surface area contributed by atoms with Gasteiger partial charge in [0.2, 0.25) is 0 Å². The lowest BCUT2D eigenvalue weighted by atomic mass is 9.98. The van der Waals surface area contributed by atoms with Crippen LogP contribution in [0.4, 0.5) is 11.4 Å². The monoisotopic (exact) mass is 266 g/mol. The standard InChI is InChI=1S/C18H22N2/c1-5-7-15-8-6-9-16(15)12-20-18-11-13(2)17(19-4)10-14(18)3/h10-12,15-16H,4,6,8-9H2,1-3H3. The molecule has 0 bridgehead atoms. The predicted molar refractivity (Wildman–Crippen MR) is 87.6 cm³/mol. The van der Waals surface area contributed by atoms with Crippen molar-refractivity contribution in [2.45, 2.75) is 40.0 Å². The van der Waals surface area contributed by atoms with Crippen molar-refractivity contribution >= 4 is 24.3 Å². The molecule has 20 heavy (non-hydrogen) atoms. The van der Waals surface area contributed by atoms with Crippen molar-refractivity contribution in [3.8, 4) is 11.8 Å². The SMILES string of the molecule is C=Nc1cc(C)c(N=CC2CCCC2C#CC)cc1C. The van der Waals surface area contributed by atoms with Crippen molar-refractivity contribution in [2.24, 2.45) is 21.8 Å². The maximum atomic E-state index is 4.70. The molecule has 0 saturated heterocycles. The summed E-state index contributed by atoms with van der Waals surface area (Å²) in [5.74, 6) is 7.34. The average Bonchev–Trinajstić information content (AvgIpc) is 2.87. The molecule has 0 radical (unpaired) electrons. The fraction of sp³-hybridized carbons (Fsp3) is 0.444. The summed E-state index contributed by atoms with van der Waals surface area (Å²) in [7, 11) is 0. The minimum absolute atomic E-state index is 0.485. The molecule has 1 aromatic rings. The zero-order chi connectivity index (χ0) is 14.5. The van der Waals surface area contributed by atoms with E-state index in [1.54, 1.807) is 0 Å². The predicted octanol–water partition coefficient (Wildman–Crippen LogP) is 4.78. The highest BCUT2D eigenvalue weighted by molar-refractivity contribution is 5.70. The van der Waals surface area contributed by atoms with E-state index in [0.29, 0.717) is 11.8 Å². The van der Waals surface area contributed by atoms with Gasteiger partial charge in [-0.05, 0) is 63.6 Å². The van der Waals surface area contributed by atoms with E-state index in [1.165, 1.54) is 19.3 Å². The molecule has 0 aromatic heterocycles. The molecule has 0 heterocycles. The smallest absolute Gasteiger partial charge is 0.0659 e. The normalized spacial score (nSPS) is 21.8.